The van der Waals surface area contributed by atoms with Crippen molar-refractivity contribution >= 4 is 0 Å². The summed E-state index contributed by atoms with van der Waals surface area (Å²) in [6.07, 6.45) is 6.86. The molecule has 1 aliphatic carbocycles. The highest BCUT2D eigenvalue weighted by atomic mass is 19.1. The SMILES string of the molecule is C#C[C@H]1CCC[C@H]1F. The summed E-state index contributed by atoms with van der Waals surface area (Å²) in [5.74, 6) is 2.36. The molecule has 1 aliphatic rings. The van der Waals surface area contributed by atoms with Gasteiger partial charge in [-0.25, -0.2) is 4.39 Å². The van der Waals surface area contributed by atoms with E-state index in [-0.39, 0.29) is 5.92 Å². The molecule has 0 unspecified atom stereocenters. The molecule has 8 heavy (non-hydrogen) atoms. The summed E-state index contributed by atoms with van der Waals surface area (Å²) in [6.45, 7) is 0. The van der Waals surface area contributed by atoms with Gasteiger partial charge in [0.1, 0.15) is 6.17 Å². The molecule has 0 aromatic heterocycles. The molecule has 0 nitrogen and oxygen atoms in total. The van der Waals surface area contributed by atoms with Gasteiger partial charge in [-0.05, 0) is 19.3 Å². The van der Waals surface area contributed by atoms with Crippen molar-refractivity contribution in [1.29, 1.82) is 0 Å². The van der Waals surface area contributed by atoms with Gasteiger partial charge in [0, 0.05) is 0 Å². The molecule has 0 amide bonds. The number of hydrogen-bond acceptors (Lipinski definition) is 0. The third kappa shape index (κ3) is 0.838. The van der Waals surface area contributed by atoms with Crippen molar-refractivity contribution in [1.82, 2.24) is 0 Å². The summed E-state index contributed by atoms with van der Waals surface area (Å²) in [5.41, 5.74) is 0. The van der Waals surface area contributed by atoms with Crippen molar-refractivity contribution in [3.8, 4) is 12.3 Å². The molecule has 0 radical (unpaired) electrons. The maximum Gasteiger partial charge on any atom is 0.114 e. The molecule has 0 saturated heterocycles. The maximum atomic E-state index is 12.4. The van der Waals surface area contributed by atoms with Gasteiger partial charge in [-0.1, -0.05) is 0 Å². The topological polar surface area (TPSA) is 0 Å². The molecule has 0 heterocycles. The van der Waals surface area contributed by atoms with Gasteiger partial charge >= 0.3 is 0 Å². The number of halogens is 1. The van der Waals surface area contributed by atoms with Gasteiger partial charge in [0.25, 0.3) is 0 Å². The lowest BCUT2D eigenvalue weighted by Gasteiger charge is -2.00. The maximum absolute atomic E-state index is 12.4. The zero-order valence-corrected chi connectivity index (χ0v) is 4.73. The van der Waals surface area contributed by atoms with Crippen LogP contribution in [-0.2, 0) is 0 Å². The van der Waals surface area contributed by atoms with Crippen molar-refractivity contribution in [2.24, 2.45) is 5.92 Å². The monoisotopic (exact) mass is 112 g/mol. The van der Waals surface area contributed by atoms with Gasteiger partial charge in [-0.2, -0.15) is 0 Å². The minimum Gasteiger partial charge on any atom is -0.246 e. The second-order valence-corrected chi connectivity index (χ2v) is 2.22. The Morgan fingerprint density at radius 3 is 2.50 bits per heavy atom. The van der Waals surface area contributed by atoms with E-state index >= 15 is 0 Å². The zero-order valence-electron chi connectivity index (χ0n) is 4.73. The van der Waals surface area contributed by atoms with Crippen molar-refractivity contribution in [3.05, 3.63) is 0 Å². The van der Waals surface area contributed by atoms with Crippen LogP contribution in [-0.4, -0.2) is 6.17 Å². The van der Waals surface area contributed by atoms with Crippen molar-refractivity contribution in [2.75, 3.05) is 0 Å². The normalized spacial score (nSPS) is 37.0. The third-order valence-electron chi connectivity index (χ3n) is 1.65. The van der Waals surface area contributed by atoms with Crippen LogP contribution in [0.5, 0.6) is 0 Å². The van der Waals surface area contributed by atoms with Crippen LogP contribution >= 0.6 is 0 Å². The van der Waals surface area contributed by atoms with Crippen LogP contribution in [0.1, 0.15) is 19.3 Å². The summed E-state index contributed by atoms with van der Waals surface area (Å²) in [4.78, 5) is 0. The Morgan fingerprint density at radius 2 is 2.25 bits per heavy atom. The zero-order chi connectivity index (χ0) is 5.98. The number of terminal acetylenes is 1. The predicted molar refractivity (Wildman–Crippen MR) is 31.1 cm³/mol. The van der Waals surface area contributed by atoms with Crippen molar-refractivity contribution in [3.63, 3.8) is 0 Å². The van der Waals surface area contributed by atoms with E-state index in [2.05, 4.69) is 5.92 Å². The van der Waals surface area contributed by atoms with Crippen LogP contribution in [0.3, 0.4) is 0 Å². The van der Waals surface area contributed by atoms with Crippen LogP contribution in [0.4, 0.5) is 4.39 Å². The standard InChI is InChI=1S/C7H9F/c1-2-6-4-3-5-7(6)8/h1,6-7H,3-5H2/t6-,7+/m0/s1. The predicted octanol–water partition coefficient (Wildman–Crippen LogP) is 1.76. The van der Waals surface area contributed by atoms with Crippen LogP contribution < -0.4 is 0 Å². The first-order chi connectivity index (χ1) is 3.84. The van der Waals surface area contributed by atoms with Gasteiger partial charge in [0.15, 0.2) is 0 Å². The van der Waals surface area contributed by atoms with Gasteiger partial charge < -0.3 is 0 Å². The van der Waals surface area contributed by atoms with E-state index in [4.69, 9.17) is 6.42 Å². The minimum absolute atomic E-state index is 0.0741. The second kappa shape index (κ2) is 2.17. The van der Waals surface area contributed by atoms with Gasteiger partial charge in [0.2, 0.25) is 0 Å². The number of hydrogen-bond donors (Lipinski definition) is 0. The summed E-state index contributed by atoms with van der Waals surface area (Å²) >= 11 is 0. The lowest BCUT2D eigenvalue weighted by atomic mass is 10.1. The van der Waals surface area contributed by atoms with Crippen LogP contribution in [0.2, 0.25) is 0 Å². The second-order valence-electron chi connectivity index (χ2n) is 2.22. The Balaban J connectivity index is 2.45. The Labute approximate surface area is 49.1 Å². The van der Waals surface area contributed by atoms with E-state index in [1.165, 1.54) is 0 Å². The molecule has 0 spiro atoms. The highest BCUT2D eigenvalue weighted by Gasteiger charge is 2.24. The van der Waals surface area contributed by atoms with E-state index in [0.717, 1.165) is 12.8 Å². The molecule has 0 aromatic rings. The molecule has 1 rings (SSSR count). The first kappa shape index (κ1) is 5.62. The number of rotatable bonds is 0. The molecule has 1 heteroatoms. The average molecular weight is 112 g/mol. The van der Waals surface area contributed by atoms with Gasteiger partial charge in [-0.15, -0.1) is 12.3 Å². The van der Waals surface area contributed by atoms with E-state index in [9.17, 15) is 4.39 Å². The summed E-state index contributed by atoms with van der Waals surface area (Å²) in [5, 5.41) is 0. The average Bonchev–Trinajstić information content (AvgIpc) is 2.14. The number of alkyl halides is 1. The summed E-state index contributed by atoms with van der Waals surface area (Å²) < 4.78 is 12.4. The third-order valence-corrected chi connectivity index (χ3v) is 1.65. The molecular formula is C7H9F. The molecular weight excluding hydrogens is 103 g/mol. The first-order valence-corrected chi connectivity index (χ1v) is 2.95. The molecule has 0 N–H and O–H groups in total. The Bertz CT molecular complexity index is 112. The molecule has 0 bridgehead atoms. The fourth-order valence-electron chi connectivity index (χ4n) is 1.10. The van der Waals surface area contributed by atoms with Crippen molar-refractivity contribution in [2.45, 2.75) is 25.4 Å². The van der Waals surface area contributed by atoms with E-state index in [0.29, 0.717) is 6.42 Å². The van der Waals surface area contributed by atoms with E-state index in [1.807, 2.05) is 0 Å². The summed E-state index contributed by atoms with van der Waals surface area (Å²) in [6, 6.07) is 0. The highest BCUT2D eigenvalue weighted by molar-refractivity contribution is 4.99. The van der Waals surface area contributed by atoms with E-state index < -0.39 is 6.17 Å². The Morgan fingerprint density at radius 1 is 1.50 bits per heavy atom. The van der Waals surface area contributed by atoms with Gasteiger partial charge in [-0.3, -0.25) is 0 Å². The van der Waals surface area contributed by atoms with Crippen molar-refractivity contribution < 1.29 is 4.39 Å². The fourth-order valence-corrected chi connectivity index (χ4v) is 1.10. The first-order valence-electron chi connectivity index (χ1n) is 2.95. The molecule has 0 aromatic carbocycles. The fraction of sp³-hybridized carbons (Fsp3) is 0.714. The van der Waals surface area contributed by atoms with Gasteiger partial charge in [0.05, 0.1) is 5.92 Å². The molecule has 0 aliphatic heterocycles. The molecule has 44 valence electrons. The summed E-state index contributed by atoms with van der Waals surface area (Å²) in [7, 11) is 0. The van der Waals surface area contributed by atoms with Crippen LogP contribution in [0.15, 0.2) is 0 Å². The largest absolute Gasteiger partial charge is 0.246 e. The van der Waals surface area contributed by atoms with E-state index in [1.54, 1.807) is 0 Å². The molecule has 2 atom stereocenters. The van der Waals surface area contributed by atoms with Crippen LogP contribution in [0.25, 0.3) is 0 Å². The highest BCUT2D eigenvalue weighted by Crippen LogP contribution is 2.26. The van der Waals surface area contributed by atoms with Crippen LogP contribution in [0, 0.1) is 18.3 Å². The Kier molecular flexibility index (Phi) is 1.53. The molecule has 1 fully saturated rings. The quantitative estimate of drug-likeness (QED) is 0.419. The lowest BCUT2D eigenvalue weighted by molar-refractivity contribution is 0.303. The smallest absolute Gasteiger partial charge is 0.114 e. The molecule has 1 saturated carbocycles. The Hall–Kier alpha value is -0.510. The minimum atomic E-state index is -0.708. The lowest BCUT2D eigenvalue weighted by Crippen LogP contribution is -2.03.